The number of benzene rings is 2. The molecule has 1 aliphatic carbocycles. The highest BCUT2D eigenvalue weighted by Gasteiger charge is 2.25. The maximum absolute atomic E-state index is 13.2. The van der Waals surface area contributed by atoms with Crippen molar-refractivity contribution in [3.8, 4) is 17.3 Å². The predicted octanol–water partition coefficient (Wildman–Crippen LogP) is 5.03. The molecule has 1 atom stereocenters. The van der Waals surface area contributed by atoms with Gasteiger partial charge in [0.2, 0.25) is 0 Å². The standard InChI is InChI=1S/C30H29N3O7/c34-25-12-8-18(15-19(25)10-13-27(35)36)16-23(30(38)39)32-29(37)20-9-11-24-22(17-20)31-28(26-7-4-14-40-26)33(24)21-5-2-1-3-6-21/h4,7-15,17,21,23,34H,1-3,5-6,16H2,(H,32,37)(H,35,36)(H,38,39)/b13-10+/t23-/m0/s1. The van der Waals surface area contributed by atoms with Gasteiger partial charge in [-0.2, -0.15) is 0 Å². The first-order chi connectivity index (χ1) is 19.3. The Labute approximate surface area is 229 Å². The number of fused-ring (bicyclic) bond motifs is 1. The highest BCUT2D eigenvalue weighted by atomic mass is 16.4. The molecule has 4 N–H and O–H groups in total. The number of nitrogens with zero attached hydrogens (tertiary/aromatic N) is 2. The van der Waals surface area contributed by atoms with Gasteiger partial charge in [0.1, 0.15) is 11.8 Å². The Bertz CT molecular complexity index is 1580. The fourth-order valence-electron chi connectivity index (χ4n) is 5.23. The number of aromatic nitrogens is 2. The molecule has 1 saturated carbocycles. The number of rotatable bonds is 9. The van der Waals surface area contributed by atoms with E-state index in [4.69, 9.17) is 14.5 Å². The van der Waals surface area contributed by atoms with E-state index in [2.05, 4.69) is 9.88 Å². The van der Waals surface area contributed by atoms with Crippen LogP contribution >= 0.6 is 0 Å². The zero-order valence-corrected chi connectivity index (χ0v) is 21.6. The van der Waals surface area contributed by atoms with Gasteiger partial charge < -0.3 is 29.6 Å². The molecule has 2 heterocycles. The van der Waals surface area contributed by atoms with Gasteiger partial charge in [-0.05, 0) is 66.9 Å². The van der Waals surface area contributed by atoms with Crippen LogP contribution in [0, 0.1) is 0 Å². The number of nitrogens with one attached hydrogen (secondary N) is 1. The average molecular weight is 544 g/mol. The Kier molecular flexibility index (Phi) is 7.68. The summed E-state index contributed by atoms with van der Waals surface area (Å²) in [5.74, 6) is -1.78. The smallest absolute Gasteiger partial charge is 0.328 e. The molecule has 5 rings (SSSR count). The van der Waals surface area contributed by atoms with Crippen LogP contribution in [-0.2, 0) is 16.0 Å². The maximum atomic E-state index is 13.2. The summed E-state index contributed by atoms with van der Waals surface area (Å²) in [6.45, 7) is 0. The number of hydrogen-bond donors (Lipinski definition) is 4. The van der Waals surface area contributed by atoms with Crippen LogP contribution in [0.5, 0.6) is 5.75 Å². The first-order valence-corrected chi connectivity index (χ1v) is 13.1. The van der Waals surface area contributed by atoms with Crippen LogP contribution in [-0.4, -0.2) is 48.8 Å². The summed E-state index contributed by atoms with van der Waals surface area (Å²) >= 11 is 0. The maximum Gasteiger partial charge on any atom is 0.328 e. The van der Waals surface area contributed by atoms with Gasteiger partial charge in [-0.15, -0.1) is 0 Å². The number of phenols is 1. The number of imidazole rings is 1. The molecule has 1 aliphatic rings. The molecule has 10 nitrogen and oxygen atoms in total. The lowest BCUT2D eigenvalue weighted by Gasteiger charge is -2.25. The lowest BCUT2D eigenvalue weighted by Crippen LogP contribution is -2.42. The molecule has 0 bridgehead atoms. The van der Waals surface area contributed by atoms with Gasteiger partial charge in [-0.25, -0.2) is 14.6 Å². The number of amides is 1. The van der Waals surface area contributed by atoms with Gasteiger partial charge in [0.25, 0.3) is 5.91 Å². The number of aliphatic carboxylic acids is 2. The molecule has 10 heteroatoms. The Morgan fingerprint density at radius 1 is 1.07 bits per heavy atom. The SMILES string of the molecule is O=C(O)/C=C/c1cc(C[C@H](NC(=O)c2ccc3c(c2)nc(-c2ccco2)n3C2CCCCC2)C(=O)O)ccc1O. The Hall–Kier alpha value is -4.86. The predicted molar refractivity (Wildman–Crippen MR) is 147 cm³/mol. The van der Waals surface area contributed by atoms with Crippen LogP contribution in [0.2, 0.25) is 0 Å². The molecule has 1 amide bonds. The Morgan fingerprint density at radius 3 is 2.58 bits per heavy atom. The van der Waals surface area contributed by atoms with Crippen molar-refractivity contribution in [3.63, 3.8) is 0 Å². The molecule has 0 saturated heterocycles. The molecular weight excluding hydrogens is 514 g/mol. The molecule has 0 spiro atoms. The summed E-state index contributed by atoms with van der Waals surface area (Å²) in [5.41, 5.74) is 2.50. The number of carbonyl (C=O) groups excluding carboxylic acids is 1. The van der Waals surface area contributed by atoms with Crippen LogP contribution in [0.3, 0.4) is 0 Å². The third-order valence-electron chi connectivity index (χ3n) is 7.17. The van der Waals surface area contributed by atoms with E-state index >= 15 is 0 Å². The molecule has 0 aliphatic heterocycles. The number of phenolic OH excluding ortho intramolecular Hbond substituents is 1. The molecule has 206 valence electrons. The Balaban J connectivity index is 1.40. The summed E-state index contributed by atoms with van der Waals surface area (Å²) in [4.78, 5) is 40.8. The van der Waals surface area contributed by atoms with Gasteiger partial charge in [-0.3, -0.25) is 4.79 Å². The van der Waals surface area contributed by atoms with E-state index in [1.165, 1.54) is 30.7 Å². The minimum atomic E-state index is -1.26. The van der Waals surface area contributed by atoms with Crippen LogP contribution in [0.15, 0.2) is 65.3 Å². The third kappa shape index (κ3) is 5.75. The fraction of sp³-hybridized carbons (Fsp3) is 0.267. The largest absolute Gasteiger partial charge is 0.507 e. The van der Waals surface area contributed by atoms with Gasteiger partial charge in [0.05, 0.1) is 17.3 Å². The second-order valence-corrected chi connectivity index (χ2v) is 9.91. The minimum Gasteiger partial charge on any atom is -0.507 e. The summed E-state index contributed by atoms with van der Waals surface area (Å²) in [6, 6.07) is 12.2. The molecule has 2 aromatic heterocycles. The molecule has 1 fully saturated rings. The number of carboxylic acids is 2. The third-order valence-corrected chi connectivity index (χ3v) is 7.17. The lowest BCUT2D eigenvalue weighted by atomic mass is 9.95. The van der Waals surface area contributed by atoms with E-state index in [-0.39, 0.29) is 29.3 Å². The molecule has 0 radical (unpaired) electrons. The van der Waals surface area contributed by atoms with Crippen molar-refractivity contribution in [3.05, 3.63) is 77.6 Å². The van der Waals surface area contributed by atoms with Gasteiger partial charge >= 0.3 is 11.9 Å². The quantitative estimate of drug-likeness (QED) is 0.214. The first-order valence-electron chi connectivity index (χ1n) is 13.1. The zero-order valence-electron chi connectivity index (χ0n) is 21.6. The van der Waals surface area contributed by atoms with E-state index in [0.29, 0.717) is 22.7 Å². The van der Waals surface area contributed by atoms with Crippen molar-refractivity contribution in [2.45, 2.75) is 50.6 Å². The number of hydrogen-bond acceptors (Lipinski definition) is 6. The lowest BCUT2D eigenvalue weighted by molar-refractivity contribution is -0.139. The van der Waals surface area contributed by atoms with E-state index in [1.807, 2.05) is 18.2 Å². The van der Waals surface area contributed by atoms with Crippen LogP contribution < -0.4 is 5.32 Å². The van der Waals surface area contributed by atoms with Crippen LogP contribution in [0.25, 0.3) is 28.7 Å². The van der Waals surface area contributed by atoms with Crippen molar-refractivity contribution in [2.24, 2.45) is 0 Å². The topological polar surface area (TPSA) is 155 Å². The second-order valence-electron chi connectivity index (χ2n) is 9.91. The van der Waals surface area contributed by atoms with E-state index in [9.17, 15) is 24.6 Å². The molecule has 40 heavy (non-hydrogen) atoms. The molecule has 4 aromatic rings. The van der Waals surface area contributed by atoms with Crippen molar-refractivity contribution >= 4 is 35.0 Å². The van der Waals surface area contributed by atoms with Gasteiger partial charge in [-0.1, -0.05) is 25.3 Å². The van der Waals surface area contributed by atoms with Crippen LogP contribution in [0.1, 0.15) is 59.6 Å². The number of aromatic hydroxyl groups is 1. The number of furan rings is 1. The van der Waals surface area contributed by atoms with E-state index in [0.717, 1.165) is 37.3 Å². The number of carbonyl (C=O) groups is 3. The first kappa shape index (κ1) is 26.7. The van der Waals surface area contributed by atoms with Crippen LogP contribution in [0.4, 0.5) is 0 Å². The average Bonchev–Trinajstić information content (AvgIpc) is 3.61. The van der Waals surface area contributed by atoms with Gasteiger partial charge in [0.15, 0.2) is 11.6 Å². The van der Waals surface area contributed by atoms with Crippen molar-refractivity contribution in [2.75, 3.05) is 0 Å². The highest BCUT2D eigenvalue weighted by molar-refractivity contribution is 5.99. The molecular formula is C30H29N3O7. The number of carboxylic acid groups (broad SMARTS) is 2. The van der Waals surface area contributed by atoms with Crippen molar-refractivity contribution < 1.29 is 34.1 Å². The summed E-state index contributed by atoms with van der Waals surface area (Å²) < 4.78 is 7.85. The monoisotopic (exact) mass is 543 g/mol. The van der Waals surface area contributed by atoms with E-state index in [1.54, 1.807) is 18.4 Å². The highest BCUT2D eigenvalue weighted by Crippen LogP contribution is 2.36. The normalized spacial score (nSPS) is 14.9. The zero-order chi connectivity index (χ0) is 28.2. The molecule has 2 aromatic carbocycles. The summed E-state index contributed by atoms with van der Waals surface area (Å²) in [6.07, 6.45) is 9.17. The van der Waals surface area contributed by atoms with E-state index < -0.39 is 23.9 Å². The fourth-order valence-corrected chi connectivity index (χ4v) is 5.23. The van der Waals surface area contributed by atoms with Gasteiger partial charge in [0, 0.05) is 29.7 Å². The second kappa shape index (κ2) is 11.5. The Morgan fingerprint density at radius 2 is 1.88 bits per heavy atom. The summed E-state index contributed by atoms with van der Waals surface area (Å²) in [5, 5.41) is 31.2. The van der Waals surface area contributed by atoms with Crippen molar-refractivity contribution in [1.29, 1.82) is 0 Å². The molecule has 0 unspecified atom stereocenters. The van der Waals surface area contributed by atoms with Crippen molar-refractivity contribution in [1.82, 2.24) is 14.9 Å². The summed E-state index contributed by atoms with van der Waals surface area (Å²) in [7, 11) is 0. The minimum absolute atomic E-state index is 0.0730.